The van der Waals surface area contributed by atoms with Gasteiger partial charge in [0.15, 0.2) is 0 Å². The van der Waals surface area contributed by atoms with Crippen LogP contribution in [-0.4, -0.2) is 56.0 Å². The van der Waals surface area contributed by atoms with Gasteiger partial charge in [-0.1, -0.05) is 0 Å². The van der Waals surface area contributed by atoms with Gasteiger partial charge in [0, 0.05) is 31.9 Å². The number of hydrogen-bond donors (Lipinski definition) is 1. The number of benzene rings is 1. The molecule has 5 heteroatoms. The molecule has 1 aromatic rings. The van der Waals surface area contributed by atoms with Crippen LogP contribution in [0.15, 0.2) is 18.2 Å². The summed E-state index contributed by atoms with van der Waals surface area (Å²) in [5.41, 5.74) is 6.98. The van der Waals surface area contributed by atoms with Crippen LogP contribution in [0.1, 0.15) is 29.6 Å². The third-order valence-electron chi connectivity index (χ3n) is 4.02. The molecule has 116 valence electrons. The first kappa shape index (κ1) is 15.6. The van der Waals surface area contributed by atoms with E-state index in [0.717, 1.165) is 13.0 Å². The Kier molecular flexibility index (Phi) is 5.07. The number of carbonyl (C=O) groups excluding carboxylic acids is 1. The van der Waals surface area contributed by atoms with E-state index in [9.17, 15) is 4.79 Å². The van der Waals surface area contributed by atoms with Gasteiger partial charge in [-0.3, -0.25) is 4.79 Å². The van der Waals surface area contributed by atoms with Crippen molar-refractivity contribution < 1.29 is 9.53 Å². The quantitative estimate of drug-likeness (QED) is 0.841. The summed E-state index contributed by atoms with van der Waals surface area (Å²) in [6.07, 6.45) is 3.45. The molecule has 21 heavy (non-hydrogen) atoms. The summed E-state index contributed by atoms with van der Waals surface area (Å²) < 4.78 is 5.85. The van der Waals surface area contributed by atoms with Gasteiger partial charge in [0.1, 0.15) is 5.75 Å². The summed E-state index contributed by atoms with van der Waals surface area (Å²) in [7, 11) is 5.62. The van der Waals surface area contributed by atoms with Crippen LogP contribution < -0.4 is 10.5 Å². The van der Waals surface area contributed by atoms with Crippen LogP contribution in [0.4, 0.5) is 5.69 Å². The molecule has 1 aromatic carbocycles. The van der Waals surface area contributed by atoms with Crippen molar-refractivity contribution in [3.63, 3.8) is 0 Å². The fourth-order valence-corrected chi connectivity index (χ4v) is 2.72. The summed E-state index contributed by atoms with van der Waals surface area (Å²) in [5, 5.41) is 0. The normalized spacial score (nSPS) is 18.7. The van der Waals surface area contributed by atoms with E-state index in [0.29, 0.717) is 29.6 Å². The minimum atomic E-state index is -0.0667. The Balaban J connectivity index is 2.01. The number of rotatable bonds is 5. The number of anilines is 1. The lowest BCUT2D eigenvalue weighted by atomic mass is 10.1. The number of nitrogens with two attached hydrogens (primary N) is 1. The second kappa shape index (κ2) is 6.80. The summed E-state index contributed by atoms with van der Waals surface area (Å²) in [6.45, 7) is 1.76. The summed E-state index contributed by atoms with van der Waals surface area (Å²) >= 11 is 0. The van der Waals surface area contributed by atoms with Crippen LogP contribution >= 0.6 is 0 Å². The van der Waals surface area contributed by atoms with Crippen LogP contribution in [-0.2, 0) is 0 Å². The summed E-state index contributed by atoms with van der Waals surface area (Å²) in [6, 6.07) is 5.78. The molecule has 2 N–H and O–H groups in total. The average Bonchev–Trinajstić information content (AvgIpc) is 2.84. The molecule has 1 heterocycles. The third-order valence-corrected chi connectivity index (χ3v) is 4.02. The third kappa shape index (κ3) is 3.88. The molecule has 5 nitrogen and oxygen atoms in total. The zero-order valence-corrected chi connectivity index (χ0v) is 13.1. The molecule has 1 aliphatic heterocycles. The van der Waals surface area contributed by atoms with E-state index in [1.807, 2.05) is 0 Å². The van der Waals surface area contributed by atoms with Crippen LogP contribution in [0.25, 0.3) is 0 Å². The lowest BCUT2D eigenvalue weighted by molar-refractivity contribution is 0.0823. The predicted octanol–water partition coefficient (Wildman–Crippen LogP) is 1.83. The Hall–Kier alpha value is -1.75. The first-order chi connectivity index (χ1) is 9.99. The van der Waals surface area contributed by atoms with Crippen LogP contribution in [0.2, 0.25) is 0 Å². The molecule has 1 atom stereocenters. The molecule has 1 unspecified atom stereocenters. The highest BCUT2D eigenvalue weighted by atomic mass is 16.5. The van der Waals surface area contributed by atoms with E-state index in [1.54, 1.807) is 37.2 Å². The van der Waals surface area contributed by atoms with E-state index >= 15 is 0 Å². The number of ether oxygens (including phenoxy) is 1. The van der Waals surface area contributed by atoms with Gasteiger partial charge < -0.3 is 20.3 Å². The van der Waals surface area contributed by atoms with Gasteiger partial charge in [0.2, 0.25) is 0 Å². The highest BCUT2D eigenvalue weighted by molar-refractivity contribution is 5.97. The molecule has 0 spiro atoms. The maximum absolute atomic E-state index is 12.1. The van der Waals surface area contributed by atoms with E-state index in [2.05, 4.69) is 11.9 Å². The van der Waals surface area contributed by atoms with Crippen molar-refractivity contribution in [1.82, 2.24) is 9.80 Å². The van der Waals surface area contributed by atoms with Crippen molar-refractivity contribution in [3.8, 4) is 5.75 Å². The number of carbonyl (C=O) groups is 1. The highest BCUT2D eigenvalue weighted by Gasteiger charge is 2.21. The van der Waals surface area contributed by atoms with Gasteiger partial charge in [-0.25, -0.2) is 0 Å². The van der Waals surface area contributed by atoms with Crippen LogP contribution in [0, 0.1) is 0 Å². The summed E-state index contributed by atoms with van der Waals surface area (Å²) in [5.74, 6) is 0.511. The second-order valence-corrected chi connectivity index (χ2v) is 5.87. The molecule has 2 rings (SSSR count). The first-order valence-electron chi connectivity index (χ1n) is 7.43. The molecule has 0 radical (unpaired) electrons. The first-order valence-corrected chi connectivity index (χ1v) is 7.43. The Bertz CT molecular complexity index is 502. The number of nitrogen functional groups attached to an aromatic ring is 1. The van der Waals surface area contributed by atoms with Crippen molar-refractivity contribution >= 4 is 11.6 Å². The van der Waals surface area contributed by atoms with Crippen LogP contribution in [0.3, 0.4) is 0 Å². The Morgan fingerprint density at radius 3 is 2.86 bits per heavy atom. The average molecular weight is 291 g/mol. The van der Waals surface area contributed by atoms with Crippen molar-refractivity contribution in [2.24, 2.45) is 0 Å². The molecule has 0 aromatic heterocycles. The molecule has 1 fully saturated rings. The smallest absolute Gasteiger partial charge is 0.257 e. The minimum absolute atomic E-state index is 0.0667. The maximum atomic E-state index is 12.1. The van der Waals surface area contributed by atoms with Crippen molar-refractivity contribution in [1.29, 1.82) is 0 Å². The highest BCUT2D eigenvalue weighted by Crippen LogP contribution is 2.24. The van der Waals surface area contributed by atoms with Gasteiger partial charge in [0.05, 0.1) is 12.2 Å². The molecule has 0 bridgehead atoms. The fraction of sp³-hybridized carbons (Fsp3) is 0.562. The molecular weight excluding hydrogens is 266 g/mol. The van der Waals surface area contributed by atoms with E-state index in [1.165, 1.54) is 12.8 Å². The van der Waals surface area contributed by atoms with Crippen molar-refractivity contribution in [2.45, 2.75) is 25.3 Å². The minimum Gasteiger partial charge on any atom is -0.493 e. The maximum Gasteiger partial charge on any atom is 0.257 e. The van der Waals surface area contributed by atoms with E-state index < -0.39 is 0 Å². The number of likely N-dealkylation sites (tertiary alicyclic amines) is 1. The number of amides is 1. The van der Waals surface area contributed by atoms with Gasteiger partial charge in [-0.2, -0.15) is 0 Å². The molecule has 1 aliphatic rings. The molecular formula is C16H25N3O2. The topological polar surface area (TPSA) is 58.8 Å². The van der Waals surface area contributed by atoms with Gasteiger partial charge in [-0.05, 0) is 45.0 Å². The largest absolute Gasteiger partial charge is 0.493 e. The zero-order chi connectivity index (χ0) is 15.4. The Labute approximate surface area is 126 Å². The molecule has 0 saturated carbocycles. The molecule has 1 amide bonds. The fourth-order valence-electron chi connectivity index (χ4n) is 2.72. The van der Waals surface area contributed by atoms with Crippen LogP contribution in [0.5, 0.6) is 5.75 Å². The van der Waals surface area contributed by atoms with Crippen molar-refractivity contribution in [2.75, 3.05) is 40.0 Å². The monoisotopic (exact) mass is 291 g/mol. The standard InChI is InChI=1S/C16H25N3O2/c1-18(2)16(20)14-7-6-12(17)11-15(14)21-10-8-13-5-4-9-19(13)3/h6-7,11,13H,4-5,8-10,17H2,1-3H3. The number of nitrogens with zero attached hydrogens (tertiary/aromatic N) is 2. The lowest BCUT2D eigenvalue weighted by Gasteiger charge is -2.20. The SMILES string of the molecule is CN(C)C(=O)c1ccc(N)cc1OCCC1CCCN1C. The van der Waals surface area contributed by atoms with Gasteiger partial charge in [0.25, 0.3) is 5.91 Å². The van der Waals surface area contributed by atoms with Gasteiger partial charge >= 0.3 is 0 Å². The van der Waals surface area contributed by atoms with Crippen molar-refractivity contribution in [3.05, 3.63) is 23.8 Å². The molecule has 1 saturated heterocycles. The van der Waals surface area contributed by atoms with E-state index in [4.69, 9.17) is 10.5 Å². The molecule has 0 aliphatic carbocycles. The Morgan fingerprint density at radius 1 is 1.48 bits per heavy atom. The van der Waals surface area contributed by atoms with Gasteiger partial charge in [-0.15, -0.1) is 0 Å². The Morgan fingerprint density at radius 2 is 2.24 bits per heavy atom. The second-order valence-electron chi connectivity index (χ2n) is 5.87. The number of hydrogen-bond acceptors (Lipinski definition) is 4. The lowest BCUT2D eigenvalue weighted by Crippen LogP contribution is -2.27. The predicted molar refractivity (Wildman–Crippen MR) is 84.6 cm³/mol. The van der Waals surface area contributed by atoms with E-state index in [-0.39, 0.29) is 5.91 Å². The summed E-state index contributed by atoms with van der Waals surface area (Å²) in [4.78, 5) is 16.1. The zero-order valence-electron chi connectivity index (χ0n) is 13.1.